The Labute approximate surface area is 120 Å². The minimum Gasteiger partial charge on any atom is -0.406 e. The van der Waals surface area contributed by atoms with Crippen LogP contribution in [0, 0.1) is 5.92 Å². The molecule has 2 rings (SSSR count). The molecule has 1 amide bonds. The highest BCUT2D eigenvalue weighted by atomic mass is 19.4. The summed E-state index contributed by atoms with van der Waals surface area (Å²) in [4.78, 5) is 13.7. The molecule has 0 aromatic heterocycles. The van der Waals surface area contributed by atoms with Crippen LogP contribution in [0.3, 0.4) is 0 Å². The van der Waals surface area contributed by atoms with E-state index in [9.17, 15) is 23.1 Å². The van der Waals surface area contributed by atoms with Crippen molar-refractivity contribution < 1.29 is 27.8 Å². The summed E-state index contributed by atoms with van der Waals surface area (Å²) in [5, 5.41) is 9.78. The molecule has 7 heteroatoms. The largest absolute Gasteiger partial charge is 0.573 e. The summed E-state index contributed by atoms with van der Waals surface area (Å²) in [6, 6.07) is 4.77. The van der Waals surface area contributed by atoms with Crippen molar-refractivity contribution in [2.24, 2.45) is 5.92 Å². The highest BCUT2D eigenvalue weighted by Gasteiger charge is 2.31. The first kappa shape index (κ1) is 15.6. The molecule has 0 saturated carbocycles. The van der Waals surface area contributed by atoms with Crippen LogP contribution in [0.15, 0.2) is 24.3 Å². The standard InChI is InChI=1S/C14H16F3NO3/c1-9-6-7-18(8-12(9)19)13(20)10-2-4-11(5-3-10)21-14(15,16)17/h2-5,9,12,19H,6-8H2,1H3. The summed E-state index contributed by atoms with van der Waals surface area (Å²) in [6.07, 6.45) is -4.63. The molecule has 1 aromatic rings. The third-order valence-corrected chi connectivity index (χ3v) is 3.54. The van der Waals surface area contributed by atoms with Gasteiger partial charge in [-0.1, -0.05) is 6.92 Å². The number of piperidine rings is 1. The Balaban J connectivity index is 2.03. The number of nitrogens with zero attached hydrogens (tertiary/aromatic N) is 1. The van der Waals surface area contributed by atoms with E-state index in [1.54, 1.807) is 0 Å². The zero-order chi connectivity index (χ0) is 15.6. The molecule has 4 nitrogen and oxygen atoms in total. The van der Waals surface area contributed by atoms with Crippen LogP contribution in [-0.2, 0) is 0 Å². The summed E-state index contributed by atoms with van der Waals surface area (Å²) in [5.41, 5.74) is 0.270. The van der Waals surface area contributed by atoms with Crippen LogP contribution in [-0.4, -0.2) is 41.5 Å². The molecule has 1 saturated heterocycles. The van der Waals surface area contributed by atoms with Crippen molar-refractivity contribution >= 4 is 5.91 Å². The summed E-state index contributed by atoms with van der Waals surface area (Å²) in [6.45, 7) is 2.68. The number of carbonyl (C=O) groups is 1. The fraction of sp³-hybridized carbons (Fsp3) is 0.500. The van der Waals surface area contributed by atoms with Crippen LogP contribution >= 0.6 is 0 Å². The molecule has 21 heavy (non-hydrogen) atoms. The molecule has 1 aliphatic rings. The Kier molecular flexibility index (Phi) is 4.41. The SMILES string of the molecule is CC1CCN(C(=O)c2ccc(OC(F)(F)F)cc2)CC1O. The first-order valence-electron chi connectivity index (χ1n) is 6.59. The van der Waals surface area contributed by atoms with Crippen LogP contribution < -0.4 is 4.74 Å². The van der Waals surface area contributed by atoms with Crippen LogP contribution in [0.5, 0.6) is 5.75 Å². The lowest BCUT2D eigenvalue weighted by Crippen LogP contribution is -2.45. The average Bonchev–Trinajstić information content (AvgIpc) is 2.40. The summed E-state index contributed by atoms with van der Waals surface area (Å²) >= 11 is 0. The maximum atomic E-state index is 12.2. The Morgan fingerprint density at radius 1 is 1.33 bits per heavy atom. The van der Waals surface area contributed by atoms with Crippen LogP contribution in [0.4, 0.5) is 13.2 Å². The number of likely N-dealkylation sites (tertiary alicyclic amines) is 1. The third kappa shape index (κ3) is 4.10. The molecule has 1 fully saturated rings. The second-order valence-corrected chi connectivity index (χ2v) is 5.16. The Bertz CT molecular complexity index is 501. The van der Waals surface area contributed by atoms with Gasteiger partial charge in [-0.15, -0.1) is 13.2 Å². The van der Waals surface area contributed by atoms with Gasteiger partial charge < -0.3 is 14.7 Å². The molecule has 1 heterocycles. The lowest BCUT2D eigenvalue weighted by atomic mass is 9.95. The van der Waals surface area contributed by atoms with Crippen molar-refractivity contribution in [2.75, 3.05) is 13.1 Å². The van der Waals surface area contributed by atoms with Crippen molar-refractivity contribution in [1.82, 2.24) is 4.90 Å². The number of amides is 1. The molecule has 0 radical (unpaired) electrons. The fourth-order valence-electron chi connectivity index (χ4n) is 2.22. The van der Waals surface area contributed by atoms with Crippen molar-refractivity contribution in [1.29, 1.82) is 0 Å². The molecule has 1 aliphatic heterocycles. The van der Waals surface area contributed by atoms with E-state index >= 15 is 0 Å². The lowest BCUT2D eigenvalue weighted by molar-refractivity contribution is -0.274. The molecule has 116 valence electrons. The van der Waals surface area contributed by atoms with Gasteiger partial charge in [0.1, 0.15) is 5.75 Å². The summed E-state index contributed by atoms with van der Waals surface area (Å²) in [5.74, 6) is -0.539. The number of benzene rings is 1. The lowest BCUT2D eigenvalue weighted by Gasteiger charge is -2.34. The Morgan fingerprint density at radius 3 is 2.48 bits per heavy atom. The topological polar surface area (TPSA) is 49.8 Å². The van der Waals surface area contributed by atoms with E-state index in [1.807, 2.05) is 6.92 Å². The molecule has 1 aromatic carbocycles. The van der Waals surface area contributed by atoms with Gasteiger partial charge in [0.05, 0.1) is 6.10 Å². The predicted octanol–water partition coefficient (Wildman–Crippen LogP) is 2.43. The molecular weight excluding hydrogens is 287 g/mol. The highest BCUT2D eigenvalue weighted by Crippen LogP contribution is 2.24. The molecule has 0 aliphatic carbocycles. The predicted molar refractivity (Wildman–Crippen MR) is 68.8 cm³/mol. The number of carbonyl (C=O) groups excluding carboxylic acids is 1. The second-order valence-electron chi connectivity index (χ2n) is 5.16. The second kappa shape index (κ2) is 5.93. The van der Waals surface area contributed by atoms with Crippen molar-refractivity contribution in [3.8, 4) is 5.75 Å². The molecule has 0 spiro atoms. The van der Waals surface area contributed by atoms with E-state index in [2.05, 4.69) is 4.74 Å². The van der Waals surface area contributed by atoms with Gasteiger partial charge in [-0.2, -0.15) is 0 Å². The Hall–Kier alpha value is -1.76. The number of ether oxygens (including phenoxy) is 1. The fourth-order valence-corrected chi connectivity index (χ4v) is 2.22. The molecule has 0 bridgehead atoms. The average molecular weight is 303 g/mol. The van der Waals surface area contributed by atoms with E-state index in [0.29, 0.717) is 13.0 Å². The van der Waals surface area contributed by atoms with Crippen molar-refractivity contribution in [3.63, 3.8) is 0 Å². The van der Waals surface area contributed by atoms with Gasteiger partial charge in [-0.05, 0) is 36.6 Å². The Morgan fingerprint density at radius 2 is 1.95 bits per heavy atom. The van der Waals surface area contributed by atoms with Gasteiger partial charge in [-0.3, -0.25) is 4.79 Å². The zero-order valence-electron chi connectivity index (χ0n) is 11.4. The van der Waals surface area contributed by atoms with E-state index in [4.69, 9.17) is 0 Å². The first-order chi connectivity index (χ1) is 9.76. The number of hydrogen-bond donors (Lipinski definition) is 1. The van der Waals surface area contributed by atoms with Gasteiger partial charge in [0, 0.05) is 18.7 Å². The van der Waals surface area contributed by atoms with Gasteiger partial charge in [0.2, 0.25) is 0 Å². The van der Waals surface area contributed by atoms with Crippen LogP contribution in [0.1, 0.15) is 23.7 Å². The molecular formula is C14H16F3NO3. The van der Waals surface area contributed by atoms with E-state index in [0.717, 1.165) is 12.1 Å². The number of aliphatic hydroxyl groups excluding tert-OH is 1. The number of hydrogen-bond acceptors (Lipinski definition) is 3. The van der Waals surface area contributed by atoms with Crippen molar-refractivity contribution in [3.05, 3.63) is 29.8 Å². The maximum Gasteiger partial charge on any atom is 0.573 e. The third-order valence-electron chi connectivity index (χ3n) is 3.54. The van der Waals surface area contributed by atoms with Gasteiger partial charge >= 0.3 is 6.36 Å². The maximum absolute atomic E-state index is 12.2. The van der Waals surface area contributed by atoms with Gasteiger partial charge in [-0.25, -0.2) is 0 Å². The molecule has 1 N–H and O–H groups in total. The number of aliphatic hydroxyl groups is 1. The molecule has 2 atom stereocenters. The summed E-state index contributed by atoms with van der Waals surface area (Å²) in [7, 11) is 0. The van der Waals surface area contributed by atoms with E-state index < -0.39 is 12.5 Å². The number of halogens is 3. The summed E-state index contributed by atoms with van der Waals surface area (Å²) < 4.78 is 39.9. The first-order valence-corrected chi connectivity index (χ1v) is 6.59. The van der Waals surface area contributed by atoms with Crippen molar-refractivity contribution in [2.45, 2.75) is 25.8 Å². The normalized spacial score (nSPS) is 23.0. The van der Waals surface area contributed by atoms with Gasteiger partial charge in [0.25, 0.3) is 5.91 Å². The number of β-amino-alcohol motifs (C(OH)–C–C–N with tert-alkyl or cyclic N) is 1. The smallest absolute Gasteiger partial charge is 0.406 e. The van der Waals surface area contributed by atoms with E-state index in [1.165, 1.54) is 17.0 Å². The quantitative estimate of drug-likeness (QED) is 0.913. The minimum atomic E-state index is -4.75. The van der Waals surface area contributed by atoms with Crippen LogP contribution in [0.2, 0.25) is 0 Å². The van der Waals surface area contributed by atoms with E-state index in [-0.39, 0.29) is 29.7 Å². The van der Waals surface area contributed by atoms with Gasteiger partial charge in [0.15, 0.2) is 0 Å². The zero-order valence-corrected chi connectivity index (χ0v) is 11.4. The monoisotopic (exact) mass is 303 g/mol. The molecule has 2 unspecified atom stereocenters. The highest BCUT2D eigenvalue weighted by molar-refractivity contribution is 5.94. The van der Waals surface area contributed by atoms with Crippen LogP contribution in [0.25, 0.3) is 0 Å². The number of rotatable bonds is 2. The number of alkyl halides is 3. The minimum absolute atomic E-state index is 0.136.